The highest BCUT2D eigenvalue weighted by molar-refractivity contribution is 5.18. The fraction of sp³-hybridized carbons (Fsp3) is 0.545. The van der Waals surface area contributed by atoms with E-state index in [1.54, 1.807) is 0 Å². The first-order valence-electron chi connectivity index (χ1n) is 4.90. The molecule has 0 bridgehead atoms. The molecule has 0 aliphatic carbocycles. The lowest BCUT2D eigenvalue weighted by Gasteiger charge is -2.10. The standard InChI is InChI=1S/C11H18N2/c1-3-5-10(12)8-11-9(2)6-4-7-13-11/h4,6-7,10H,3,5,8,12H2,1-2H3. The van der Waals surface area contributed by atoms with Gasteiger partial charge in [0.2, 0.25) is 0 Å². The molecule has 1 aromatic rings. The molecule has 0 saturated heterocycles. The minimum atomic E-state index is 0.263. The normalized spacial score (nSPS) is 12.8. The number of aryl methyl sites for hydroxylation is 1. The van der Waals surface area contributed by atoms with Crippen molar-refractivity contribution in [1.29, 1.82) is 0 Å². The van der Waals surface area contributed by atoms with Crippen molar-refractivity contribution >= 4 is 0 Å². The Morgan fingerprint density at radius 1 is 1.54 bits per heavy atom. The molecule has 2 nitrogen and oxygen atoms in total. The van der Waals surface area contributed by atoms with E-state index in [-0.39, 0.29) is 6.04 Å². The molecule has 0 amide bonds. The first-order valence-corrected chi connectivity index (χ1v) is 4.90. The van der Waals surface area contributed by atoms with Gasteiger partial charge in [-0.1, -0.05) is 19.4 Å². The Kier molecular flexibility index (Phi) is 3.90. The van der Waals surface area contributed by atoms with Gasteiger partial charge in [0.1, 0.15) is 0 Å². The van der Waals surface area contributed by atoms with Crippen LogP contribution in [-0.2, 0) is 6.42 Å². The molecule has 0 fully saturated rings. The molecule has 1 heterocycles. The summed E-state index contributed by atoms with van der Waals surface area (Å²) in [5.74, 6) is 0. The minimum Gasteiger partial charge on any atom is -0.327 e. The van der Waals surface area contributed by atoms with E-state index in [2.05, 4.69) is 24.9 Å². The van der Waals surface area contributed by atoms with Gasteiger partial charge in [-0.05, 0) is 25.0 Å². The molecule has 1 rings (SSSR count). The summed E-state index contributed by atoms with van der Waals surface area (Å²) in [4.78, 5) is 4.32. The summed E-state index contributed by atoms with van der Waals surface area (Å²) < 4.78 is 0. The number of hydrogen-bond donors (Lipinski definition) is 1. The minimum absolute atomic E-state index is 0.263. The molecule has 2 heteroatoms. The van der Waals surface area contributed by atoms with E-state index in [0.717, 1.165) is 25.0 Å². The molecule has 1 unspecified atom stereocenters. The molecule has 1 atom stereocenters. The molecule has 13 heavy (non-hydrogen) atoms. The Balaban J connectivity index is 2.58. The first kappa shape index (κ1) is 10.2. The van der Waals surface area contributed by atoms with Crippen molar-refractivity contribution in [2.24, 2.45) is 5.73 Å². The summed E-state index contributed by atoms with van der Waals surface area (Å²) in [6.45, 7) is 4.24. The molecule has 72 valence electrons. The number of hydrogen-bond acceptors (Lipinski definition) is 2. The second kappa shape index (κ2) is 4.97. The Bertz CT molecular complexity index is 258. The van der Waals surface area contributed by atoms with Crippen molar-refractivity contribution in [2.75, 3.05) is 0 Å². The summed E-state index contributed by atoms with van der Waals surface area (Å²) in [6, 6.07) is 4.31. The van der Waals surface area contributed by atoms with Crippen molar-refractivity contribution in [2.45, 2.75) is 39.2 Å². The lowest BCUT2D eigenvalue weighted by atomic mass is 10.0. The quantitative estimate of drug-likeness (QED) is 0.766. The van der Waals surface area contributed by atoms with Crippen LogP contribution >= 0.6 is 0 Å². The fourth-order valence-corrected chi connectivity index (χ4v) is 1.45. The summed E-state index contributed by atoms with van der Waals surface area (Å²) in [5.41, 5.74) is 8.33. The van der Waals surface area contributed by atoms with Gasteiger partial charge in [0.15, 0.2) is 0 Å². The molecular weight excluding hydrogens is 160 g/mol. The van der Waals surface area contributed by atoms with Gasteiger partial charge in [-0.25, -0.2) is 0 Å². The Labute approximate surface area is 80.2 Å². The molecule has 0 spiro atoms. The van der Waals surface area contributed by atoms with E-state index >= 15 is 0 Å². The van der Waals surface area contributed by atoms with E-state index in [9.17, 15) is 0 Å². The Morgan fingerprint density at radius 3 is 2.92 bits per heavy atom. The topological polar surface area (TPSA) is 38.9 Å². The lowest BCUT2D eigenvalue weighted by molar-refractivity contribution is 0.592. The molecule has 1 aromatic heterocycles. The highest BCUT2D eigenvalue weighted by atomic mass is 14.7. The van der Waals surface area contributed by atoms with Gasteiger partial charge in [0.05, 0.1) is 0 Å². The number of pyridine rings is 1. The number of rotatable bonds is 4. The second-order valence-corrected chi connectivity index (χ2v) is 3.52. The number of nitrogens with zero attached hydrogens (tertiary/aromatic N) is 1. The van der Waals surface area contributed by atoms with Crippen LogP contribution in [0.1, 0.15) is 31.0 Å². The van der Waals surface area contributed by atoms with Gasteiger partial charge in [-0.15, -0.1) is 0 Å². The molecule has 2 N–H and O–H groups in total. The molecule has 0 aromatic carbocycles. The van der Waals surface area contributed by atoms with Gasteiger partial charge >= 0.3 is 0 Å². The van der Waals surface area contributed by atoms with Crippen LogP contribution in [0.5, 0.6) is 0 Å². The SMILES string of the molecule is CCCC(N)Cc1ncccc1C. The summed E-state index contributed by atoms with van der Waals surface area (Å²) in [7, 11) is 0. The van der Waals surface area contributed by atoms with Crippen LogP contribution in [0.3, 0.4) is 0 Å². The maximum atomic E-state index is 5.95. The number of nitrogens with two attached hydrogens (primary N) is 1. The Hall–Kier alpha value is -0.890. The maximum Gasteiger partial charge on any atom is 0.0448 e. The monoisotopic (exact) mass is 178 g/mol. The van der Waals surface area contributed by atoms with E-state index in [1.165, 1.54) is 5.56 Å². The van der Waals surface area contributed by atoms with Crippen molar-refractivity contribution in [3.63, 3.8) is 0 Å². The van der Waals surface area contributed by atoms with Crippen LogP contribution in [0.25, 0.3) is 0 Å². The van der Waals surface area contributed by atoms with Gasteiger partial charge in [-0.2, -0.15) is 0 Å². The van der Waals surface area contributed by atoms with Crippen LogP contribution in [0.2, 0.25) is 0 Å². The van der Waals surface area contributed by atoms with Crippen molar-refractivity contribution in [3.05, 3.63) is 29.6 Å². The zero-order chi connectivity index (χ0) is 9.68. The average Bonchev–Trinajstić information content (AvgIpc) is 2.09. The van der Waals surface area contributed by atoms with Gasteiger partial charge in [-0.3, -0.25) is 4.98 Å². The Morgan fingerprint density at radius 2 is 2.31 bits per heavy atom. The van der Waals surface area contributed by atoms with Gasteiger partial charge < -0.3 is 5.73 Å². The number of aromatic nitrogens is 1. The summed E-state index contributed by atoms with van der Waals surface area (Å²) in [6.07, 6.45) is 4.96. The second-order valence-electron chi connectivity index (χ2n) is 3.52. The highest BCUT2D eigenvalue weighted by Gasteiger charge is 2.05. The largest absolute Gasteiger partial charge is 0.327 e. The van der Waals surface area contributed by atoms with Crippen LogP contribution in [0.4, 0.5) is 0 Å². The third-order valence-corrected chi connectivity index (χ3v) is 2.23. The van der Waals surface area contributed by atoms with Crippen LogP contribution in [0, 0.1) is 6.92 Å². The third-order valence-electron chi connectivity index (χ3n) is 2.23. The van der Waals surface area contributed by atoms with Gasteiger partial charge in [0, 0.05) is 24.4 Å². The van der Waals surface area contributed by atoms with E-state index in [4.69, 9.17) is 5.73 Å². The zero-order valence-corrected chi connectivity index (χ0v) is 8.46. The first-order chi connectivity index (χ1) is 6.24. The summed E-state index contributed by atoms with van der Waals surface area (Å²) >= 11 is 0. The predicted octanol–water partition coefficient (Wildman–Crippen LogP) is 2.06. The smallest absolute Gasteiger partial charge is 0.0448 e. The van der Waals surface area contributed by atoms with Crippen LogP contribution in [-0.4, -0.2) is 11.0 Å². The van der Waals surface area contributed by atoms with E-state index in [1.807, 2.05) is 12.3 Å². The lowest BCUT2D eigenvalue weighted by Crippen LogP contribution is -2.23. The molecular formula is C11H18N2. The fourth-order valence-electron chi connectivity index (χ4n) is 1.45. The van der Waals surface area contributed by atoms with Crippen molar-refractivity contribution in [1.82, 2.24) is 4.98 Å². The summed E-state index contributed by atoms with van der Waals surface area (Å²) in [5, 5.41) is 0. The van der Waals surface area contributed by atoms with E-state index in [0.29, 0.717) is 0 Å². The molecule has 0 aliphatic heterocycles. The van der Waals surface area contributed by atoms with Gasteiger partial charge in [0.25, 0.3) is 0 Å². The zero-order valence-electron chi connectivity index (χ0n) is 8.46. The van der Waals surface area contributed by atoms with Crippen molar-refractivity contribution < 1.29 is 0 Å². The average molecular weight is 178 g/mol. The third kappa shape index (κ3) is 3.15. The van der Waals surface area contributed by atoms with Crippen LogP contribution < -0.4 is 5.73 Å². The van der Waals surface area contributed by atoms with E-state index < -0.39 is 0 Å². The maximum absolute atomic E-state index is 5.95. The van der Waals surface area contributed by atoms with Crippen LogP contribution in [0.15, 0.2) is 18.3 Å². The molecule has 0 saturated carbocycles. The molecule has 0 radical (unpaired) electrons. The molecule has 0 aliphatic rings. The highest BCUT2D eigenvalue weighted by Crippen LogP contribution is 2.07. The predicted molar refractivity (Wildman–Crippen MR) is 55.6 cm³/mol. The van der Waals surface area contributed by atoms with Crippen molar-refractivity contribution in [3.8, 4) is 0 Å².